The Labute approximate surface area is 117 Å². The van der Waals surface area contributed by atoms with E-state index in [9.17, 15) is 4.79 Å². The van der Waals surface area contributed by atoms with E-state index in [1.807, 2.05) is 30.3 Å². The first-order valence-corrected chi connectivity index (χ1v) is 6.24. The molecule has 1 heterocycles. The predicted octanol–water partition coefficient (Wildman–Crippen LogP) is 1.52. The first kappa shape index (κ1) is 14.0. The fourth-order valence-corrected chi connectivity index (χ4v) is 1.45. The molecule has 0 saturated heterocycles. The van der Waals surface area contributed by atoms with Crippen LogP contribution in [-0.2, 0) is 16.1 Å². The summed E-state index contributed by atoms with van der Waals surface area (Å²) in [7, 11) is 0. The minimum atomic E-state index is -0.577. The van der Waals surface area contributed by atoms with E-state index in [-0.39, 0.29) is 5.91 Å². The van der Waals surface area contributed by atoms with Gasteiger partial charge in [-0.1, -0.05) is 30.3 Å². The number of amides is 1. The molecule has 6 heteroatoms. The van der Waals surface area contributed by atoms with Gasteiger partial charge >= 0.3 is 0 Å². The number of carbonyl (C=O) groups excluding carboxylic acids is 1. The van der Waals surface area contributed by atoms with Gasteiger partial charge in [0, 0.05) is 12.4 Å². The smallest absolute Gasteiger partial charge is 0.267 e. The number of nitrogens with one attached hydrogen (secondary N) is 2. The quantitative estimate of drug-likeness (QED) is 0.780. The van der Waals surface area contributed by atoms with E-state index in [0.29, 0.717) is 12.6 Å². The predicted molar refractivity (Wildman–Crippen MR) is 74.5 cm³/mol. The lowest BCUT2D eigenvalue weighted by molar-refractivity contribution is -0.131. The van der Waals surface area contributed by atoms with E-state index in [0.717, 1.165) is 5.56 Å². The van der Waals surface area contributed by atoms with Crippen LogP contribution in [0.5, 0.6) is 0 Å². The van der Waals surface area contributed by atoms with Gasteiger partial charge in [-0.05, 0) is 18.6 Å². The van der Waals surface area contributed by atoms with Gasteiger partial charge in [0.05, 0.1) is 6.61 Å². The Morgan fingerprint density at radius 1 is 1.20 bits per heavy atom. The number of nitrogens with zero attached hydrogens (tertiary/aromatic N) is 2. The van der Waals surface area contributed by atoms with Gasteiger partial charge < -0.3 is 4.74 Å². The maximum Gasteiger partial charge on any atom is 0.267 e. The van der Waals surface area contributed by atoms with E-state index in [4.69, 9.17) is 4.74 Å². The molecule has 0 bridgehead atoms. The Kier molecular flexibility index (Phi) is 5.02. The second kappa shape index (κ2) is 7.20. The lowest BCUT2D eigenvalue weighted by atomic mass is 10.2. The van der Waals surface area contributed by atoms with E-state index in [2.05, 4.69) is 20.8 Å². The maximum atomic E-state index is 11.8. The summed E-state index contributed by atoms with van der Waals surface area (Å²) < 4.78 is 5.49. The molecule has 20 heavy (non-hydrogen) atoms. The Morgan fingerprint density at radius 3 is 2.60 bits per heavy atom. The van der Waals surface area contributed by atoms with Gasteiger partial charge in [0.1, 0.15) is 6.10 Å². The molecule has 104 valence electrons. The molecule has 1 amide bonds. The van der Waals surface area contributed by atoms with Crippen molar-refractivity contribution in [2.24, 2.45) is 0 Å². The Morgan fingerprint density at radius 2 is 1.90 bits per heavy atom. The van der Waals surface area contributed by atoms with Crippen LogP contribution in [0.1, 0.15) is 12.5 Å². The van der Waals surface area contributed by atoms with Crippen LogP contribution in [0.2, 0.25) is 0 Å². The largest absolute Gasteiger partial charge is 0.364 e. The van der Waals surface area contributed by atoms with Crippen LogP contribution in [0.3, 0.4) is 0 Å². The van der Waals surface area contributed by atoms with Crippen LogP contribution in [0.15, 0.2) is 48.8 Å². The second-order valence-corrected chi connectivity index (χ2v) is 4.13. The van der Waals surface area contributed by atoms with Gasteiger partial charge in [-0.15, -0.1) is 0 Å². The Bertz CT molecular complexity index is 533. The monoisotopic (exact) mass is 272 g/mol. The number of aromatic nitrogens is 2. The zero-order chi connectivity index (χ0) is 14.2. The summed E-state index contributed by atoms with van der Waals surface area (Å²) >= 11 is 0. The summed E-state index contributed by atoms with van der Waals surface area (Å²) in [6.07, 6.45) is 2.58. The van der Waals surface area contributed by atoms with Gasteiger partial charge in [0.2, 0.25) is 5.95 Å². The van der Waals surface area contributed by atoms with E-state index < -0.39 is 6.10 Å². The average molecular weight is 272 g/mol. The molecule has 1 atom stereocenters. The minimum Gasteiger partial charge on any atom is -0.364 e. The zero-order valence-corrected chi connectivity index (χ0v) is 11.1. The summed E-state index contributed by atoms with van der Waals surface area (Å²) in [6, 6.07) is 11.4. The Balaban J connectivity index is 1.75. The molecule has 0 radical (unpaired) electrons. The van der Waals surface area contributed by atoms with Crippen LogP contribution in [0, 0.1) is 0 Å². The molecule has 0 unspecified atom stereocenters. The molecule has 1 aromatic carbocycles. The third kappa shape index (κ3) is 4.33. The van der Waals surface area contributed by atoms with Gasteiger partial charge in [-0.25, -0.2) is 9.97 Å². The molecule has 2 aromatic rings. The highest BCUT2D eigenvalue weighted by atomic mass is 16.5. The lowest BCUT2D eigenvalue weighted by Gasteiger charge is -2.13. The molecule has 0 saturated carbocycles. The molecule has 0 aliphatic heterocycles. The number of ether oxygens (including phenoxy) is 1. The summed E-state index contributed by atoms with van der Waals surface area (Å²) in [4.78, 5) is 19.6. The fraction of sp³-hybridized carbons (Fsp3) is 0.214. The van der Waals surface area contributed by atoms with Crippen molar-refractivity contribution in [2.75, 3.05) is 5.43 Å². The van der Waals surface area contributed by atoms with Crippen molar-refractivity contribution in [2.45, 2.75) is 19.6 Å². The van der Waals surface area contributed by atoms with Crippen molar-refractivity contribution in [1.29, 1.82) is 0 Å². The Hall–Kier alpha value is -2.47. The van der Waals surface area contributed by atoms with Crippen molar-refractivity contribution < 1.29 is 9.53 Å². The molecule has 2 rings (SSSR count). The van der Waals surface area contributed by atoms with E-state index in [1.165, 1.54) is 0 Å². The molecule has 2 N–H and O–H groups in total. The molecule has 0 aliphatic rings. The highest BCUT2D eigenvalue weighted by Crippen LogP contribution is 2.03. The average Bonchev–Trinajstić information content (AvgIpc) is 2.52. The highest BCUT2D eigenvalue weighted by molar-refractivity contribution is 5.81. The van der Waals surface area contributed by atoms with Crippen LogP contribution in [0.25, 0.3) is 0 Å². The van der Waals surface area contributed by atoms with Crippen LogP contribution < -0.4 is 10.9 Å². The van der Waals surface area contributed by atoms with Crippen molar-refractivity contribution in [3.63, 3.8) is 0 Å². The number of hydrogen-bond donors (Lipinski definition) is 2. The summed E-state index contributed by atoms with van der Waals surface area (Å²) in [6.45, 7) is 2.07. The van der Waals surface area contributed by atoms with E-state index >= 15 is 0 Å². The highest BCUT2D eigenvalue weighted by Gasteiger charge is 2.13. The number of carbonyl (C=O) groups is 1. The molecule has 0 aliphatic carbocycles. The summed E-state index contributed by atoms with van der Waals surface area (Å²) in [5.41, 5.74) is 6.14. The summed E-state index contributed by atoms with van der Waals surface area (Å²) in [5, 5.41) is 0. The van der Waals surface area contributed by atoms with Crippen molar-refractivity contribution >= 4 is 11.9 Å². The van der Waals surface area contributed by atoms with Crippen molar-refractivity contribution in [3.05, 3.63) is 54.4 Å². The third-order valence-corrected chi connectivity index (χ3v) is 2.58. The van der Waals surface area contributed by atoms with Crippen molar-refractivity contribution in [1.82, 2.24) is 15.4 Å². The van der Waals surface area contributed by atoms with Crippen molar-refractivity contribution in [3.8, 4) is 0 Å². The molecule has 1 aromatic heterocycles. The fourth-order valence-electron chi connectivity index (χ4n) is 1.45. The van der Waals surface area contributed by atoms with Crippen LogP contribution in [0.4, 0.5) is 5.95 Å². The van der Waals surface area contributed by atoms with Gasteiger partial charge in [0.25, 0.3) is 5.91 Å². The third-order valence-electron chi connectivity index (χ3n) is 2.58. The molecule has 0 spiro atoms. The number of rotatable bonds is 6. The first-order chi connectivity index (χ1) is 9.75. The van der Waals surface area contributed by atoms with Crippen LogP contribution in [-0.4, -0.2) is 22.0 Å². The number of benzene rings is 1. The van der Waals surface area contributed by atoms with Crippen LogP contribution >= 0.6 is 0 Å². The molecular weight excluding hydrogens is 256 g/mol. The van der Waals surface area contributed by atoms with Gasteiger partial charge in [-0.2, -0.15) is 0 Å². The SMILES string of the molecule is C[C@H](OCc1ccccc1)C(=O)NNc1ncccn1. The maximum absolute atomic E-state index is 11.8. The van der Waals surface area contributed by atoms with E-state index in [1.54, 1.807) is 25.4 Å². The number of hydrogen-bond acceptors (Lipinski definition) is 5. The second-order valence-electron chi connectivity index (χ2n) is 4.13. The standard InChI is InChI=1S/C14H16N4O2/c1-11(20-10-12-6-3-2-4-7-12)13(19)17-18-14-15-8-5-9-16-14/h2-9,11H,10H2,1H3,(H,17,19)(H,15,16,18)/t11-/m0/s1. The molecule has 6 nitrogen and oxygen atoms in total. The summed E-state index contributed by atoms with van der Waals surface area (Å²) in [5.74, 6) is 0.0458. The molecule has 0 fully saturated rings. The number of anilines is 1. The lowest BCUT2D eigenvalue weighted by Crippen LogP contribution is -2.38. The zero-order valence-electron chi connectivity index (χ0n) is 11.1. The number of hydrazine groups is 1. The molecular formula is C14H16N4O2. The first-order valence-electron chi connectivity index (χ1n) is 6.24. The van der Waals surface area contributed by atoms with Gasteiger partial charge in [-0.3, -0.25) is 15.6 Å². The minimum absolute atomic E-state index is 0.284. The normalized spacial score (nSPS) is 11.7. The topological polar surface area (TPSA) is 76.1 Å². The van der Waals surface area contributed by atoms with Gasteiger partial charge in [0.15, 0.2) is 0 Å².